The van der Waals surface area contributed by atoms with Crippen LogP contribution in [0, 0.1) is 0 Å². The zero-order chi connectivity index (χ0) is 14.7. The normalized spacial score (nSPS) is 15.9. The summed E-state index contributed by atoms with van der Waals surface area (Å²) in [6, 6.07) is -0.634. The summed E-state index contributed by atoms with van der Waals surface area (Å²) >= 11 is 0. The summed E-state index contributed by atoms with van der Waals surface area (Å²) in [4.78, 5) is 24.6. The van der Waals surface area contributed by atoms with Crippen molar-refractivity contribution in [3.63, 3.8) is 0 Å². The van der Waals surface area contributed by atoms with Crippen molar-refractivity contribution >= 4 is 11.9 Å². The second-order valence-electron chi connectivity index (χ2n) is 4.97. The molecule has 0 bridgehead atoms. The average molecular weight is 281 g/mol. The van der Waals surface area contributed by atoms with Crippen molar-refractivity contribution in [2.45, 2.75) is 44.8 Å². The molecule has 1 aromatic heterocycles. The first kappa shape index (κ1) is 14.4. The molecular formula is C12H19N5O3. The highest BCUT2D eigenvalue weighted by Gasteiger charge is 2.31. The topological polar surface area (TPSA) is 114 Å². The maximum Gasteiger partial charge on any atom is 0.320 e. The van der Waals surface area contributed by atoms with Gasteiger partial charge in [0.25, 0.3) is 0 Å². The summed E-state index contributed by atoms with van der Waals surface area (Å²) < 4.78 is 1.43. The molecule has 1 aromatic rings. The Morgan fingerprint density at radius 1 is 1.60 bits per heavy atom. The van der Waals surface area contributed by atoms with E-state index in [1.807, 2.05) is 11.8 Å². The number of likely N-dealkylation sites (N-methyl/N-ethyl adjacent to an activating group) is 1. The summed E-state index contributed by atoms with van der Waals surface area (Å²) in [5.41, 5.74) is 5.90. The third kappa shape index (κ3) is 3.53. The van der Waals surface area contributed by atoms with Gasteiger partial charge in [-0.25, -0.2) is 4.68 Å². The summed E-state index contributed by atoms with van der Waals surface area (Å²) in [6.07, 6.45) is 3.80. The molecule has 1 heterocycles. The number of carbonyl (C=O) groups is 2. The van der Waals surface area contributed by atoms with E-state index in [9.17, 15) is 9.59 Å². The molecular weight excluding hydrogens is 262 g/mol. The predicted molar refractivity (Wildman–Crippen MR) is 69.7 cm³/mol. The Morgan fingerprint density at radius 2 is 2.30 bits per heavy atom. The standard InChI is InChI=1S/C12H19N5O3/c1-2-17(9-3-4-9)11(18)7-16-6-8(14-15-16)5-10(13)12(19)20/h6,9-10H,2-5,7,13H2,1H3,(H,19,20). The van der Waals surface area contributed by atoms with Gasteiger partial charge < -0.3 is 15.7 Å². The zero-order valence-corrected chi connectivity index (χ0v) is 11.4. The van der Waals surface area contributed by atoms with Crippen molar-refractivity contribution in [2.24, 2.45) is 5.73 Å². The summed E-state index contributed by atoms with van der Waals surface area (Å²) in [6.45, 7) is 2.77. The highest BCUT2D eigenvalue weighted by atomic mass is 16.4. The van der Waals surface area contributed by atoms with Gasteiger partial charge in [-0.3, -0.25) is 9.59 Å². The van der Waals surface area contributed by atoms with E-state index in [4.69, 9.17) is 10.8 Å². The highest BCUT2D eigenvalue weighted by Crippen LogP contribution is 2.26. The number of aromatic nitrogens is 3. The lowest BCUT2D eigenvalue weighted by atomic mass is 10.2. The molecule has 1 unspecified atom stereocenters. The van der Waals surface area contributed by atoms with Gasteiger partial charge in [-0.1, -0.05) is 5.21 Å². The van der Waals surface area contributed by atoms with Crippen LogP contribution in [0.15, 0.2) is 6.20 Å². The molecule has 1 saturated carbocycles. The van der Waals surface area contributed by atoms with Crippen molar-refractivity contribution in [2.75, 3.05) is 6.54 Å². The van der Waals surface area contributed by atoms with E-state index in [1.54, 1.807) is 6.20 Å². The van der Waals surface area contributed by atoms with E-state index in [2.05, 4.69) is 10.3 Å². The quantitative estimate of drug-likeness (QED) is 0.679. The van der Waals surface area contributed by atoms with Crippen LogP contribution in [0.2, 0.25) is 0 Å². The van der Waals surface area contributed by atoms with E-state index in [0.29, 0.717) is 18.3 Å². The number of carboxylic acids is 1. The molecule has 8 nitrogen and oxygen atoms in total. The monoisotopic (exact) mass is 281 g/mol. The van der Waals surface area contributed by atoms with Crippen molar-refractivity contribution in [3.05, 3.63) is 11.9 Å². The lowest BCUT2D eigenvalue weighted by Gasteiger charge is -2.19. The summed E-state index contributed by atoms with van der Waals surface area (Å²) in [5, 5.41) is 16.4. The molecule has 1 atom stereocenters. The van der Waals surface area contributed by atoms with Crippen molar-refractivity contribution in [3.8, 4) is 0 Å². The van der Waals surface area contributed by atoms with E-state index >= 15 is 0 Å². The molecule has 20 heavy (non-hydrogen) atoms. The molecule has 0 saturated heterocycles. The third-order valence-electron chi connectivity index (χ3n) is 3.28. The van der Waals surface area contributed by atoms with Crippen LogP contribution < -0.4 is 5.73 Å². The number of amides is 1. The van der Waals surface area contributed by atoms with Crippen LogP contribution >= 0.6 is 0 Å². The fraction of sp³-hybridized carbons (Fsp3) is 0.667. The number of nitrogens with two attached hydrogens (primary N) is 1. The van der Waals surface area contributed by atoms with Crippen LogP contribution in [0.25, 0.3) is 0 Å². The Balaban J connectivity index is 1.91. The molecule has 8 heteroatoms. The summed E-state index contributed by atoms with van der Waals surface area (Å²) in [7, 11) is 0. The summed E-state index contributed by atoms with van der Waals surface area (Å²) in [5.74, 6) is -1.07. The van der Waals surface area contributed by atoms with Gasteiger partial charge in [0.15, 0.2) is 0 Å². The van der Waals surface area contributed by atoms with Crippen LogP contribution in [0.4, 0.5) is 0 Å². The molecule has 2 rings (SSSR count). The second kappa shape index (κ2) is 6.00. The van der Waals surface area contributed by atoms with Gasteiger partial charge in [0, 0.05) is 25.2 Å². The van der Waals surface area contributed by atoms with E-state index in [0.717, 1.165) is 12.8 Å². The number of aliphatic carboxylic acids is 1. The highest BCUT2D eigenvalue weighted by molar-refractivity contribution is 5.76. The molecule has 0 radical (unpaired) electrons. The Bertz CT molecular complexity index is 497. The van der Waals surface area contributed by atoms with E-state index < -0.39 is 12.0 Å². The van der Waals surface area contributed by atoms with Crippen LogP contribution in [-0.2, 0) is 22.6 Å². The second-order valence-corrected chi connectivity index (χ2v) is 4.97. The minimum Gasteiger partial charge on any atom is -0.480 e. The van der Waals surface area contributed by atoms with Crippen LogP contribution in [0.3, 0.4) is 0 Å². The molecule has 3 N–H and O–H groups in total. The molecule has 0 aliphatic heterocycles. The zero-order valence-electron chi connectivity index (χ0n) is 11.4. The van der Waals surface area contributed by atoms with Gasteiger partial charge in [0.1, 0.15) is 12.6 Å². The molecule has 1 aliphatic carbocycles. The van der Waals surface area contributed by atoms with Crippen molar-refractivity contribution < 1.29 is 14.7 Å². The van der Waals surface area contributed by atoms with Crippen molar-refractivity contribution in [1.82, 2.24) is 19.9 Å². The Kier molecular flexibility index (Phi) is 4.33. The fourth-order valence-electron chi connectivity index (χ4n) is 2.08. The SMILES string of the molecule is CCN(C(=O)Cn1cc(CC(N)C(=O)O)nn1)C1CC1. The van der Waals surface area contributed by atoms with Gasteiger partial charge >= 0.3 is 5.97 Å². The van der Waals surface area contributed by atoms with Crippen LogP contribution in [0.1, 0.15) is 25.5 Å². The minimum absolute atomic E-state index is 0.00832. The fourth-order valence-corrected chi connectivity index (χ4v) is 2.08. The molecule has 1 aliphatic rings. The molecule has 0 aromatic carbocycles. The van der Waals surface area contributed by atoms with Gasteiger partial charge in [-0.05, 0) is 19.8 Å². The lowest BCUT2D eigenvalue weighted by Crippen LogP contribution is -2.35. The molecule has 1 amide bonds. The number of carbonyl (C=O) groups excluding carboxylic acids is 1. The first-order valence-corrected chi connectivity index (χ1v) is 6.68. The Labute approximate surface area is 116 Å². The van der Waals surface area contributed by atoms with Crippen LogP contribution in [-0.4, -0.2) is 55.5 Å². The number of rotatable bonds is 7. The average Bonchev–Trinajstić information content (AvgIpc) is 3.12. The van der Waals surface area contributed by atoms with Gasteiger partial charge in [0.05, 0.1) is 5.69 Å². The largest absolute Gasteiger partial charge is 0.480 e. The first-order chi connectivity index (χ1) is 9.51. The molecule has 1 fully saturated rings. The number of nitrogens with zero attached hydrogens (tertiary/aromatic N) is 4. The lowest BCUT2D eigenvalue weighted by molar-refractivity contribution is -0.138. The molecule has 110 valence electrons. The Morgan fingerprint density at radius 3 is 2.85 bits per heavy atom. The number of hydrogen-bond donors (Lipinski definition) is 2. The Hall–Kier alpha value is -1.96. The van der Waals surface area contributed by atoms with Crippen molar-refractivity contribution in [1.29, 1.82) is 0 Å². The first-order valence-electron chi connectivity index (χ1n) is 6.68. The predicted octanol–water partition coefficient (Wildman–Crippen LogP) is -0.757. The van der Waals surface area contributed by atoms with Gasteiger partial charge in [-0.15, -0.1) is 5.10 Å². The van der Waals surface area contributed by atoms with Gasteiger partial charge in [-0.2, -0.15) is 0 Å². The maximum absolute atomic E-state index is 12.1. The number of hydrogen-bond acceptors (Lipinski definition) is 5. The third-order valence-corrected chi connectivity index (χ3v) is 3.28. The molecule has 0 spiro atoms. The minimum atomic E-state index is -1.08. The van der Waals surface area contributed by atoms with Crippen LogP contribution in [0.5, 0.6) is 0 Å². The number of carboxylic acid groups (broad SMARTS) is 1. The van der Waals surface area contributed by atoms with Gasteiger partial charge in [0.2, 0.25) is 5.91 Å². The van der Waals surface area contributed by atoms with E-state index in [-0.39, 0.29) is 18.9 Å². The smallest absolute Gasteiger partial charge is 0.320 e. The van der Waals surface area contributed by atoms with E-state index in [1.165, 1.54) is 4.68 Å². The maximum atomic E-state index is 12.1.